The van der Waals surface area contributed by atoms with Crippen molar-refractivity contribution in [1.29, 1.82) is 0 Å². The van der Waals surface area contributed by atoms with E-state index in [4.69, 9.17) is 9.66 Å². The number of aromatic nitrogens is 2. The summed E-state index contributed by atoms with van der Waals surface area (Å²) in [6.45, 7) is 3.24. The van der Waals surface area contributed by atoms with E-state index < -0.39 is 10.0 Å². The number of aryl methyl sites for hydroxylation is 2. The number of hydrogen-bond acceptors (Lipinski definition) is 6. The second-order valence-corrected chi connectivity index (χ2v) is 8.71. The molecule has 0 bridgehead atoms. The Morgan fingerprint density at radius 1 is 1.24 bits per heavy atom. The molecule has 3 aromatic rings. The molecule has 0 atom stereocenters. The molecule has 29 heavy (non-hydrogen) atoms. The highest BCUT2D eigenvalue weighted by Crippen LogP contribution is 2.30. The van der Waals surface area contributed by atoms with Crippen LogP contribution in [0, 0.1) is 12.7 Å². The van der Waals surface area contributed by atoms with Crippen LogP contribution >= 0.6 is 0 Å². The maximum absolute atomic E-state index is 13.7. The van der Waals surface area contributed by atoms with Crippen LogP contribution in [0.15, 0.2) is 45.8 Å². The van der Waals surface area contributed by atoms with Crippen molar-refractivity contribution in [3.05, 3.63) is 59.2 Å². The van der Waals surface area contributed by atoms with Crippen LogP contribution in [0.5, 0.6) is 0 Å². The van der Waals surface area contributed by atoms with Gasteiger partial charge in [0.2, 0.25) is 21.7 Å². The number of sulfonamides is 1. The van der Waals surface area contributed by atoms with Crippen LogP contribution in [-0.4, -0.2) is 31.6 Å². The van der Waals surface area contributed by atoms with E-state index in [2.05, 4.69) is 15.0 Å². The summed E-state index contributed by atoms with van der Waals surface area (Å²) in [6, 6.07) is 9.84. The average molecular weight is 416 g/mol. The lowest BCUT2D eigenvalue weighted by atomic mass is 10.1. The zero-order valence-corrected chi connectivity index (χ0v) is 16.7. The summed E-state index contributed by atoms with van der Waals surface area (Å²) in [6.07, 6.45) is 2.19. The third kappa shape index (κ3) is 4.15. The van der Waals surface area contributed by atoms with E-state index in [0.29, 0.717) is 29.3 Å². The second-order valence-electron chi connectivity index (χ2n) is 7.15. The van der Waals surface area contributed by atoms with Crippen molar-refractivity contribution in [2.45, 2.75) is 31.1 Å². The van der Waals surface area contributed by atoms with E-state index in [1.807, 2.05) is 6.07 Å². The highest BCUT2D eigenvalue weighted by atomic mass is 32.2. The molecule has 0 saturated heterocycles. The first-order valence-electron chi connectivity index (χ1n) is 9.31. The number of benzene rings is 2. The molecule has 0 spiro atoms. The minimum Gasteiger partial charge on any atom is -0.371 e. The maximum Gasteiger partial charge on any atom is 0.238 e. The quantitative estimate of drug-likeness (QED) is 0.663. The molecule has 9 heteroatoms. The van der Waals surface area contributed by atoms with Crippen LogP contribution in [0.3, 0.4) is 0 Å². The van der Waals surface area contributed by atoms with Crippen molar-refractivity contribution in [3.63, 3.8) is 0 Å². The number of anilines is 1. The minimum absolute atomic E-state index is 0.120. The van der Waals surface area contributed by atoms with Crippen molar-refractivity contribution in [1.82, 2.24) is 10.1 Å². The average Bonchev–Trinajstić information content (AvgIpc) is 3.30. The molecule has 0 saturated carbocycles. The molecule has 2 heterocycles. The van der Waals surface area contributed by atoms with Gasteiger partial charge in [-0.2, -0.15) is 4.98 Å². The van der Waals surface area contributed by atoms with Crippen LogP contribution < -0.4 is 10.0 Å². The summed E-state index contributed by atoms with van der Waals surface area (Å²) >= 11 is 0. The first-order chi connectivity index (χ1) is 13.8. The molecule has 2 aromatic carbocycles. The number of hydrogen-bond donors (Lipinski definition) is 1. The number of nitrogens with zero attached hydrogens (tertiary/aromatic N) is 3. The van der Waals surface area contributed by atoms with Crippen LogP contribution in [0.25, 0.3) is 11.4 Å². The lowest BCUT2D eigenvalue weighted by Crippen LogP contribution is -2.22. The molecule has 0 aliphatic carbocycles. The van der Waals surface area contributed by atoms with E-state index >= 15 is 0 Å². The molecule has 2 N–H and O–H groups in total. The number of nitrogens with two attached hydrogens (primary N) is 1. The van der Waals surface area contributed by atoms with Gasteiger partial charge in [0.15, 0.2) is 0 Å². The van der Waals surface area contributed by atoms with Gasteiger partial charge in [-0.05, 0) is 49.1 Å². The molecule has 0 radical (unpaired) electrons. The van der Waals surface area contributed by atoms with Crippen molar-refractivity contribution in [3.8, 4) is 11.4 Å². The highest BCUT2D eigenvalue weighted by Gasteiger charge is 2.21. The molecule has 152 valence electrons. The summed E-state index contributed by atoms with van der Waals surface area (Å²) in [5, 5.41) is 9.18. The van der Waals surface area contributed by atoms with Crippen molar-refractivity contribution in [2.75, 3.05) is 18.0 Å². The number of fused-ring (bicyclic) bond motifs is 1. The van der Waals surface area contributed by atoms with Gasteiger partial charge in [-0.3, -0.25) is 0 Å². The van der Waals surface area contributed by atoms with Gasteiger partial charge in [-0.1, -0.05) is 23.4 Å². The van der Waals surface area contributed by atoms with Crippen LogP contribution in [-0.2, 0) is 22.9 Å². The number of rotatable bonds is 6. The molecular weight excluding hydrogens is 395 g/mol. The highest BCUT2D eigenvalue weighted by molar-refractivity contribution is 7.89. The minimum atomic E-state index is -3.73. The van der Waals surface area contributed by atoms with Gasteiger partial charge in [0.25, 0.3) is 0 Å². The maximum atomic E-state index is 13.7. The summed E-state index contributed by atoms with van der Waals surface area (Å²) in [7, 11) is -3.73. The van der Waals surface area contributed by atoms with Crippen molar-refractivity contribution < 1.29 is 17.3 Å². The van der Waals surface area contributed by atoms with Crippen LogP contribution in [0.2, 0.25) is 0 Å². The zero-order chi connectivity index (χ0) is 20.6. The second kappa shape index (κ2) is 7.57. The van der Waals surface area contributed by atoms with Crippen LogP contribution in [0.1, 0.15) is 23.4 Å². The van der Waals surface area contributed by atoms with Gasteiger partial charge in [0.1, 0.15) is 5.82 Å². The Morgan fingerprint density at radius 2 is 2.07 bits per heavy atom. The van der Waals surface area contributed by atoms with Gasteiger partial charge >= 0.3 is 0 Å². The Hall–Kier alpha value is -2.78. The largest absolute Gasteiger partial charge is 0.371 e. The van der Waals surface area contributed by atoms with Gasteiger partial charge in [0.05, 0.1) is 4.90 Å². The topological polar surface area (TPSA) is 102 Å². The normalized spacial score (nSPS) is 13.7. The first kappa shape index (κ1) is 19.5. The van der Waals surface area contributed by atoms with Gasteiger partial charge < -0.3 is 9.42 Å². The predicted molar refractivity (Wildman–Crippen MR) is 106 cm³/mol. The van der Waals surface area contributed by atoms with Gasteiger partial charge in [-0.25, -0.2) is 17.9 Å². The lowest BCUT2D eigenvalue weighted by Gasteiger charge is -2.19. The van der Waals surface area contributed by atoms with Crippen molar-refractivity contribution >= 4 is 15.7 Å². The Kier molecular flexibility index (Phi) is 5.10. The fraction of sp³-hybridized carbons (Fsp3) is 0.300. The fourth-order valence-electron chi connectivity index (χ4n) is 3.46. The van der Waals surface area contributed by atoms with E-state index in [1.54, 1.807) is 31.2 Å². The molecule has 0 unspecified atom stereocenters. The molecule has 7 nitrogen and oxygen atoms in total. The van der Waals surface area contributed by atoms with E-state index in [1.165, 1.54) is 6.07 Å². The number of primary sulfonamides is 1. The monoisotopic (exact) mass is 416 g/mol. The summed E-state index contributed by atoms with van der Waals surface area (Å²) in [5.41, 5.74) is 3.15. The summed E-state index contributed by atoms with van der Waals surface area (Å²) in [4.78, 5) is 6.60. The molecule has 1 aromatic heterocycles. The third-order valence-corrected chi connectivity index (χ3v) is 6.00. The SMILES string of the molecule is Cc1ccc(-c2noc(CCCN3CCc4ccc(S(N)(=O)=O)cc43)n2)cc1F. The zero-order valence-electron chi connectivity index (χ0n) is 15.9. The summed E-state index contributed by atoms with van der Waals surface area (Å²) in [5.74, 6) is 0.544. The molecular formula is C20H21FN4O3S. The molecule has 1 aliphatic rings. The van der Waals surface area contributed by atoms with E-state index in [9.17, 15) is 12.8 Å². The van der Waals surface area contributed by atoms with Crippen LogP contribution in [0.4, 0.5) is 10.1 Å². The first-order valence-corrected chi connectivity index (χ1v) is 10.9. The van der Waals surface area contributed by atoms with Gasteiger partial charge in [0, 0.05) is 30.8 Å². The van der Waals surface area contributed by atoms with Gasteiger partial charge in [-0.15, -0.1) is 0 Å². The smallest absolute Gasteiger partial charge is 0.238 e. The molecule has 1 aliphatic heterocycles. The Bertz CT molecular complexity index is 1160. The standard InChI is InChI=1S/C20H21FN4O3S/c1-13-4-5-15(11-17(13)21)20-23-19(28-24-20)3-2-9-25-10-8-14-6-7-16(12-18(14)25)29(22,26)27/h4-7,11-12H,2-3,8-10H2,1H3,(H2,22,26,27). The summed E-state index contributed by atoms with van der Waals surface area (Å²) < 4.78 is 42.2. The Balaban J connectivity index is 1.40. The third-order valence-electron chi connectivity index (χ3n) is 5.09. The predicted octanol–water partition coefficient (Wildman–Crippen LogP) is 2.83. The molecule has 4 rings (SSSR count). The molecule has 0 fully saturated rings. The lowest BCUT2D eigenvalue weighted by molar-refractivity contribution is 0.376. The fourth-order valence-corrected chi connectivity index (χ4v) is 3.99. The Morgan fingerprint density at radius 3 is 2.83 bits per heavy atom. The molecule has 0 amide bonds. The van der Waals surface area contributed by atoms with E-state index in [0.717, 1.165) is 37.2 Å². The number of halogens is 1. The Labute approximate surface area is 168 Å². The van der Waals surface area contributed by atoms with Crippen molar-refractivity contribution in [2.24, 2.45) is 5.14 Å². The van der Waals surface area contributed by atoms with E-state index in [-0.39, 0.29) is 10.7 Å².